The molecule has 2 aromatic heterocycles. The summed E-state index contributed by atoms with van der Waals surface area (Å²) < 4.78 is 53.4. The van der Waals surface area contributed by atoms with Gasteiger partial charge in [-0.1, -0.05) is 39.8 Å². The van der Waals surface area contributed by atoms with Crippen molar-refractivity contribution in [3.63, 3.8) is 0 Å². The van der Waals surface area contributed by atoms with Crippen molar-refractivity contribution in [3.05, 3.63) is 83.4 Å². The fraction of sp³-hybridized carbons (Fsp3) is 0.489. The van der Waals surface area contributed by atoms with Gasteiger partial charge in [0.15, 0.2) is 0 Å². The monoisotopic (exact) mass is 915 g/mol. The molecular weight excluding hydrogens is 860 g/mol. The minimum absolute atomic E-state index is 0.177. The second-order valence-corrected chi connectivity index (χ2v) is 17.9. The summed E-state index contributed by atoms with van der Waals surface area (Å²) >= 11 is 0. The number of hydrogen-bond donors (Lipinski definition) is 4. The lowest BCUT2D eigenvalue weighted by atomic mass is 10.0. The molecule has 0 bridgehead atoms. The van der Waals surface area contributed by atoms with Gasteiger partial charge >= 0.3 is 18.5 Å². The standard InChI is InChI=1S/C47H56F3N9O7/c1-25(2)39(55-45(62)64-5)43(60)57-21-7-9-37(57)41-51-31-17-11-27(23-33(31)53-41)35-19-20-36(59(35)29-13-15-30(16-14-29)66-47(48,49)50)28-12-18-32-34(24-28)54-42(52-32)38-10-8-22-58(38)44(61)40(26(3)4)56-46(63)65-6/h11-18,23-26,35-40H,7-10,19-22H2,1-6H3,(H,51,53)(H,52,54)(H,55,62)(H,56,63)/t35-,36-,37+,38+,39+,40+/m1/s1. The summed E-state index contributed by atoms with van der Waals surface area (Å²) in [6.45, 7) is 8.50. The number of alkyl carbamates (subject to hydrolysis) is 2. The Morgan fingerprint density at radius 3 is 1.67 bits per heavy atom. The van der Waals surface area contributed by atoms with Gasteiger partial charge in [0.2, 0.25) is 11.8 Å². The van der Waals surface area contributed by atoms with Crippen LogP contribution in [0.1, 0.15) is 113 Å². The number of carbonyl (C=O) groups is 4. The smallest absolute Gasteiger partial charge is 0.453 e. The van der Waals surface area contributed by atoms with Gasteiger partial charge in [-0.15, -0.1) is 13.2 Å². The van der Waals surface area contributed by atoms with Crippen molar-refractivity contribution in [2.75, 3.05) is 32.2 Å². The van der Waals surface area contributed by atoms with Gasteiger partial charge in [-0.25, -0.2) is 19.6 Å². The predicted octanol–water partition coefficient (Wildman–Crippen LogP) is 8.51. The Bertz CT molecular complexity index is 2430. The van der Waals surface area contributed by atoms with Gasteiger partial charge in [0.05, 0.1) is 60.5 Å². The molecule has 16 nitrogen and oxygen atoms in total. The number of halogens is 3. The van der Waals surface area contributed by atoms with Crippen LogP contribution in [0.2, 0.25) is 0 Å². The van der Waals surface area contributed by atoms with Gasteiger partial charge in [0.1, 0.15) is 29.5 Å². The molecule has 0 spiro atoms. The van der Waals surface area contributed by atoms with E-state index in [0.717, 1.165) is 40.5 Å². The number of aromatic nitrogens is 4. The molecule has 0 radical (unpaired) electrons. The number of amides is 4. The van der Waals surface area contributed by atoms with Crippen LogP contribution in [0.25, 0.3) is 22.1 Å². The highest BCUT2D eigenvalue weighted by Crippen LogP contribution is 2.48. The second kappa shape index (κ2) is 18.8. The van der Waals surface area contributed by atoms with Crippen molar-refractivity contribution in [2.45, 2.75) is 109 Å². The highest BCUT2D eigenvalue weighted by molar-refractivity contribution is 5.87. The SMILES string of the molecule is COC(=O)N[C@H](C(=O)N1CCC[C@H]1c1nc2cc([C@H]3CC[C@H](c4ccc5nc([C@@H]6CCCN6C(=O)[C@@H](NC(=O)OC)C(C)C)[nH]c5c4)N3c3ccc(OC(F)(F)F)cc3)ccc2[nH]1)C(C)C. The highest BCUT2D eigenvalue weighted by atomic mass is 19.4. The van der Waals surface area contributed by atoms with Crippen molar-refractivity contribution < 1.29 is 46.6 Å². The van der Waals surface area contributed by atoms with Crippen LogP contribution in [0.3, 0.4) is 0 Å². The van der Waals surface area contributed by atoms with Crippen LogP contribution in [0.4, 0.5) is 28.4 Å². The van der Waals surface area contributed by atoms with Crippen molar-refractivity contribution in [1.82, 2.24) is 40.4 Å². The lowest BCUT2D eigenvalue weighted by molar-refractivity contribution is -0.274. The molecule has 4 amide bonds. The van der Waals surface area contributed by atoms with E-state index in [4.69, 9.17) is 19.4 Å². The van der Waals surface area contributed by atoms with E-state index in [9.17, 15) is 32.3 Å². The summed E-state index contributed by atoms with van der Waals surface area (Å²) in [6, 6.07) is 15.4. The molecule has 352 valence electrons. The van der Waals surface area contributed by atoms with Gasteiger partial charge in [-0.3, -0.25) is 9.59 Å². The van der Waals surface area contributed by atoms with E-state index in [1.165, 1.54) is 26.4 Å². The number of anilines is 1. The maximum atomic E-state index is 13.8. The molecule has 5 heterocycles. The Morgan fingerprint density at radius 2 is 1.15 bits per heavy atom. The van der Waals surface area contributed by atoms with E-state index in [-0.39, 0.29) is 53.6 Å². The fourth-order valence-corrected chi connectivity index (χ4v) is 9.85. The Balaban J connectivity index is 1.09. The zero-order chi connectivity index (χ0) is 47.0. The Morgan fingerprint density at radius 1 is 0.652 bits per heavy atom. The zero-order valence-corrected chi connectivity index (χ0v) is 37.8. The van der Waals surface area contributed by atoms with Crippen molar-refractivity contribution in [1.29, 1.82) is 0 Å². The molecule has 3 aliphatic rings. The summed E-state index contributed by atoms with van der Waals surface area (Å²) in [6.07, 6.45) is -1.83. The molecule has 66 heavy (non-hydrogen) atoms. The number of likely N-dealkylation sites (tertiary alicyclic amines) is 2. The Hall–Kier alpha value is -6.53. The number of ether oxygens (including phenoxy) is 3. The van der Waals surface area contributed by atoms with Crippen LogP contribution in [-0.2, 0) is 19.1 Å². The van der Waals surface area contributed by atoms with Crippen LogP contribution in [0.15, 0.2) is 60.7 Å². The van der Waals surface area contributed by atoms with Gasteiger partial charge in [-0.05, 0) is 110 Å². The van der Waals surface area contributed by atoms with Gasteiger partial charge < -0.3 is 49.5 Å². The minimum Gasteiger partial charge on any atom is -0.453 e. The number of nitrogens with one attached hydrogen (secondary N) is 4. The number of rotatable bonds is 12. The highest BCUT2D eigenvalue weighted by Gasteiger charge is 2.41. The number of fused-ring (bicyclic) bond motifs is 2. The van der Waals surface area contributed by atoms with Crippen molar-refractivity contribution in [2.24, 2.45) is 11.8 Å². The number of nitrogens with zero attached hydrogens (tertiary/aromatic N) is 5. The van der Waals surface area contributed by atoms with E-state index < -0.39 is 30.6 Å². The number of hydrogen-bond acceptors (Lipinski definition) is 10. The average molecular weight is 916 g/mol. The molecule has 8 rings (SSSR count). The quantitative estimate of drug-likeness (QED) is 0.0946. The molecule has 6 atom stereocenters. The average Bonchev–Trinajstić information content (AvgIpc) is 4.14. The lowest BCUT2D eigenvalue weighted by Crippen LogP contribution is -2.51. The van der Waals surface area contributed by atoms with Crippen LogP contribution < -0.4 is 20.3 Å². The van der Waals surface area contributed by atoms with Gasteiger partial charge in [-0.2, -0.15) is 0 Å². The second-order valence-electron chi connectivity index (χ2n) is 17.9. The normalized spacial score (nSPS) is 20.9. The number of imidazole rings is 2. The third-order valence-electron chi connectivity index (χ3n) is 13.1. The van der Waals surface area contributed by atoms with Crippen molar-refractivity contribution in [3.8, 4) is 5.75 Å². The molecule has 3 saturated heterocycles. The van der Waals surface area contributed by atoms with Crippen LogP contribution >= 0.6 is 0 Å². The van der Waals surface area contributed by atoms with E-state index in [1.807, 2.05) is 64.1 Å². The number of aromatic amines is 2. The molecule has 0 aliphatic carbocycles. The molecule has 3 fully saturated rings. The summed E-state index contributed by atoms with van der Waals surface area (Å²) in [5.41, 5.74) is 5.61. The van der Waals surface area contributed by atoms with Crippen LogP contribution in [0.5, 0.6) is 5.75 Å². The van der Waals surface area contributed by atoms with E-state index >= 15 is 0 Å². The Labute approximate surface area is 379 Å². The van der Waals surface area contributed by atoms with E-state index in [0.29, 0.717) is 61.6 Å². The summed E-state index contributed by atoms with van der Waals surface area (Å²) in [5, 5.41) is 5.38. The fourth-order valence-electron chi connectivity index (χ4n) is 9.85. The van der Waals surface area contributed by atoms with Crippen LogP contribution in [0, 0.1) is 11.8 Å². The number of alkyl halides is 3. The summed E-state index contributed by atoms with van der Waals surface area (Å²) in [7, 11) is 2.52. The maximum absolute atomic E-state index is 13.8. The first-order valence-corrected chi connectivity index (χ1v) is 22.5. The largest absolute Gasteiger partial charge is 0.573 e. The van der Waals surface area contributed by atoms with E-state index in [1.54, 1.807) is 21.9 Å². The minimum atomic E-state index is -4.84. The molecule has 5 aromatic rings. The molecule has 0 unspecified atom stereocenters. The van der Waals surface area contributed by atoms with Gasteiger partial charge in [0.25, 0.3) is 0 Å². The third kappa shape index (κ3) is 9.42. The van der Waals surface area contributed by atoms with Crippen molar-refractivity contribution >= 4 is 51.8 Å². The molecular formula is C47H56F3N9O7. The molecule has 3 aromatic carbocycles. The first-order chi connectivity index (χ1) is 31.5. The molecule has 0 saturated carbocycles. The number of methoxy groups -OCH3 is 2. The van der Waals surface area contributed by atoms with E-state index in [2.05, 4.69) is 30.2 Å². The maximum Gasteiger partial charge on any atom is 0.573 e. The summed E-state index contributed by atoms with van der Waals surface area (Å²) in [4.78, 5) is 74.6. The number of carbonyl (C=O) groups excluding carboxylic acids is 4. The first kappa shape index (κ1) is 46.0. The van der Waals surface area contributed by atoms with Gasteiger partial charge in [0, 0.05) is 18.8 Å². The molecule has 4 N–H and O–H groups in total. The Kier molecular flexibility index (Phi) is 13.1. The molecule has 19 heteroatoms. The topological polar surface area (TPSA) is 187 Å². The lowest BCUT2D eigenvalue weighted by Gasteiger charge is -2.33. The molecule has 3 aliphatic heterocycles. The van der Waals surface area contributed by atoms with Crippen LogP contribution in [-0.4, -0.2) is 99.5 Å². The summed E-state index contributed by atoms with van der Waals surface area (Å²) in [5.74, 6) is 0.197. The predicted molar refractivity (Wildman–Crippen MR) is 238 cm³/mol. The first-order valence-electron chi connectivity index (χ1n) is 22.5. The third-order valence-corrected chi connectivity index (χ3v) is 13.1. The number of benzene rings is 3. The zero-order valence-electron chi connectivity index (χ0n) is 37.8. The number of H-pyrrole nitrogens is 2.